The number of fused-ring (bicyclic) bond motifs is 1. The Morgan fingerprint density at radius 3 is 2.72 bits per heavy atom. The number of nitrogens with two attached hydrogens (primary N) is 1. The van der Waals surface area contributed by atoms with Crippen molar-refractivity contribution in [2.75, 3.05) is 7.11 Å². The lowest BCUT2D eigenvalue weighted by Crippen LogP contribution is -2.18. The van der Waals surface area contributed by atoms with E-state index in [1.54, 1.807) is 7.11 Å². The third-order valence-electron chi connectivity index (χ3n) is 3.40. The number of methoxy groups -OCH3 is 1. The molecular weight excluding hydrogens is 230 g/mol. The third-order valence-corrected chi connectivity index (χ3v) is 3.40. The molecule has 0 saturated heterocycles. The lowest BCUT2D eigenvalue weighted by Gasteiger charge is -2.11. The monoisotopic (exact) mass is 249 g/mol. The second-order valence-corrected chi connectivity index (χ2v) is 4.85. The number of benzene rings is 1. The number of aryl methyl sites for hydroxylation is 1. The van der Waals surface area contributed by atoms with E-state index in [9.17, 15) is 4.79 Å². The molecule has 0 bridgehead atoms. The predicted octanol–water partition coefficient (Wildman–Crippen LogP) is 1.53. The van der Waals surface area contributed by atoms with Gasteiger partial charge in [-0.1, -0.05) is 6.07 Å². The van der Waals surface area contributed by atoms with Gasteiger partial charge in [-0.25, -0.2) is 0 Å². The van der Waals surface area contributed by atoms with Crippen molar-refractivity contribution in [1.29, 1.82) is 0 Å². The lowest BCUT2D eigenvalue weighted by atomic mass is 10.0. The number of rotatable bonds is 5. The molecule has 0 aliphatic heterocycles. The number of carboxylic acids is 1. The number of ether oxygens (including phenoxy) is 1. The molecule has 0 radical (unpaired) electrons. The first-order valence-electron chi connectivity index (χ1n) is 6.26. The second-order valence-electron chi connectivity index (χ2n) is 4.85. The average Bonchev–Trinajstić information content (AvgIpc) is 2.66. The van der Waals surface area contributed by atoms with Gasteiger partial charge in [0.25, 0.3) is 0 Å². The largest absolute Gasteiger partial charge is 0.496 e. The van der Waals surface area contributed by atoms with Crippen molar-refractivity contribution in [2.24, 2.45) is 5.73 Å². The summed E-state index contributed by atoms with van der Waals surface area (Å²) in [6.45, 7) is 0. The lowest BCUT2D eigenvalue weighted by molar-refractivity contribution is -0.137. The predicted molar refractivity (Wildman–Crippen MR) is 69.0 cm³/mol. The maximum atomic E-state index is 10.5. The van der Waals surface area contributed by atoms with Gasteiger partial charge in [-0.15, -0.1) is 0 Å². The Balaban J connectivity index is 2.14. The summed E-state index contributed by atoms with van der Waals surface area (Å²) in [5.41, 5.74) is 9.59. The Hall–Kier alpha value is -1.55. The van der Waals surface area contributed by atoms with Crippen LogP contribution in [0.5, 0.6) is 5.75 Å². The van der Waals surface area contributed by atoms with Crippen molar-refractivity contribution in [2.45, 2.75) is 38.1 Å². The molecule has 0 fully saturated rings. The Morgan fingerprint density at radius 2 is 2.11 bits per heavy atom. The van der Waals surface area contributed by atoms with E-state index in [1.807, 2.05) is 0 Å². The van der Waals surface area contributed by atoms with E-state index in [0.717, 1.165) is 30.6 Å². The molecular formula is C14H19NO3. The fourth-order valence-corrected chi connectivity index (χ4v) is 2.55. The molecule has 4 heteroatoms. The number of hydrogen-bond donors (Lipinski definition) is 2. The molecule has 0 amide bonds. The smallest absolute Gasteiger partial charge is 0.303 e. The minimum Gasteiger partial charge on any atom is -0.496 e. The number of aliphatic carboxylic acids is 1. The zero-order valence-electron chi connectivity index (χ0n) is 10.6. The molecule has 0 aromatic heterocycles. The third kappa shape index (κ3) is 2.82. The van der Waals surface area contributed by atoms with Gasteiger partial charge in [-0.3, -0.25) is 4.79 Å². The van der Waals surface area contributed by atoms with E-state index in [2.05, 4.69) is 12.1 Å². The van der Waals surface area contributed by atoms with Crippen molar-refractivity contribution in [1.82, 2.24) is 0 Å². The molecule has 4 nitrogen and oxygen atoms in total. The summed E-state index contributed by atoms with van der Waals surface area (Å²) in [5.74, 6) is 0.102. The van der Waals surface area contributed by atoms with Crippen LogP contribution in [0.15, 0.2) is 12.1 Å². The van der Waals surface area contributed by atoms with Crippen molar-refractivity contribution in [3.05, 3.63) is 28.8 Å². The highest BCUT2D eigenvalue weighted by molar-refractivity contribution is 5.66. The molecule has 0 spiro atoms. The van der Waals surface area contributed by atoms with Gasteiger partial charge >= 0.3 is 5.97 Å². The Labute approximate surface area is 107 Å². The molecule has 1 aliphatic rings. The summed E-state index contributed by atoms with van der Waals surface area (Å²) in [6.07, 6.45) is 3.38. The first kappa shape index (κ1) is 12.9. The highest BCUT2D eigenvalue weighted by atomic mass is 16.5. The Morgan fingerprint density at radius 1 is 1.44 bits per heavy atom. The molecule has 3 N–H and O–H groups in total. The molecule has 1 aromatic carbocycles. The summed E-state index contributed by atoms with van der Waals surface area (Å²) in [6, 6.07) is 4.39. The topological polar surface area (TPSA) is 72.5 Å². The highest BCUT2D eigenvalue weighted by Crippen LogP contribution is 2.30. The molecule has 2 rings (SSSR count). The summed E-state index contributed by atoms with van der Waals surface area (Å²) >= 11 is 0. The van der Waals surface area contributed by atoms with E-state index in [0.29, 0.717) is 6.42 Å². The van der Waals surface area contributed by atoms with Gasteiger partial charge in [-0.05, 0) is 48.4 Å². The van der Waals surface area contributed by atoms with Crippen molar-refractivity contribution >= 4 is 5.97 Å². The van der Waals surface area contributed by atoms with Crippen LogP contribution in [0.4, 0.5) is 0 Å². The van der Waals surface area contributed by atoms with Crippen LogP contribution in [0.3, 0.4) is 0 Å². The maximum Gasteiger partial charge on any atom is 0.303 e. The van der Waals surface area contributed by atoms with Crippen molar-refractivity contribution < 1.29 is 14.6 Å². The van der Waals surface area contributed by atoms with Gasteiger partial charge < -0.3 is 15.6 Å². The minimum absolute atomic E-state index is 0.194. The molecule has 0 heterocycles. The first-order chi connectivity index (χ1) is 8.60. The van der Waals surface area contributed by atoms with Crippen LogP contribution in [-0.2, 0) is 24.1 Å². The van der Waals surface area contributed by atoms with Gasteiger partial charge in [0.1, 0.15) is 5.75 Å². The quantitative estimate of drug-likeness (QED) is 0.830. The molecule has 18 heavy (non-hydrogen) atoms. The van der Waals surface area contributed by atoms with Crippen LogP contribution in [-0.4, -0.2) is 24.2 Å². The first-order valence-corrected chi connectivity index (χ1v) is 6.26. The zero-order chi connectivity index (χ0) is 13.1. The standard InChI is InChI=1S/C14H19NO3/c1-18-13-8-11-7-12(15)6-10(11)5-9(13)3-2-4-14(16)17/h5,8,12H,2-4,6-7,15H2,1H3,(H,16,17). The normalized spacial score (nSPS) is 17.6. The molecule has 1 atom stereocenters. The minimum atomic E-state index is -0.753. The van der Waals surface area contributed by atoms with E-state index in [-0.39, 0.29) is 12.5 Å². The average molecular weight is 249 g/mol. The Kier molecular flexibility index (Phi) is 3.87. The van der Waals surface area contributed by atoms with Crippen LogP contribution in [0.1, 0.15) is 29.5 Å². The summed E-state index contributed by atoms with van der Waals surface area (Å²) in [7, 11) is 1.65. The number of carbonyl (C=O) groups is 1. The van der Waals surface area contributed by atoms with Gasteiger partial charge in [0.15, 0.2) is 0 Å². The summed E-state index contributed by atoms with van der Waals surface area (Å²) in [5, 5.41) is 8.66. The molecule has 1 unspecified atom stereocenters. The van der Waals surface area contributed by atoms with E-state index in [4.69, 9.17) is 15.6 Å². The van der Waals surface area contributed by atoms with Crippen LogP contribution in [0, 0.1) is 0 Å². The van der Waals surface area contributed by atoms with Gasteiger partial charge in [0, 0.05) is 12.5 Å². The van der Waals surface area contributed by atoms with Crippen LogP contribution >= 0.6 is 0 Å². The molecule has 98 valence electrons. The van der Waals surface area contributed by atoms with Gasteiger partial charge in [0.05, 0.1) is 7.11 Å². The van der Waals surface area contributed by atoms with Crippen LogP contribution in [0.25, 0.3) is 0 Å². The van der Waals surface area contributed by atoms with E-state index < -0.39 is 5.97 Å². The van der Waals surface area contributed by atoms with Crippen molar-refractivity contribution in [3.8, 4) is 5.75 Å². The maximum absolute atomic E-state index is 10.5. The molecule has 1 aliphatic carbocycles. The van der Waals surface area contributed by atoms with Gasteiger partial charge in [0.2, 0.25) is 0 Å². The summed E-state index contributed by atoms with van der Waals surface area (Å²) < 4.78 is 5.38. The second kappa shape index (κ2) is 5.40. The highest BCUT2D eigenvalue weighted by Gasteiger charge is 2.20. The van der Waals surface area contributed by atoms with Crippen LogP contribution < -0.4 is 10.5 Å². The van der Waals surface area contributed by atoms with E-state index in [1.165, 1.54) is 11.1 Å². The van der Waals surface area contributed by atoms with Crippen molar-refractivity contribution in [3.63, 3.8) is 0 Å². The fourth-order valence-electron chi connectivity index (χ4n) is 2.55. The molecule has 0 saturated carbocycles. The van der Waals surface area contributed by atoms with E-state index >= 15 is 0 Å². The summed E-state index contributed by atoms with van der Waals surface area (Å²) in [4.78, 5) is 10.5. The number of hydrogen-bond acceptors (Lipinski definition) is 3. The van der Waals surface area contributed by atoms with Crippen LogP contribution in [0.2, 0.25) is 0 Å². The van der Waals surface area contributed by atoms with Gasteiger partial charge in [-0.2, -0.15) is 0 Å². The number of carboxylic acid groups (broad SMARTS) is 1. The SMILES string of the molecule is COc1cc2c(cc1CCCC(=O)O)CC(N)C2. The molecule has 1 aromatic rings. The Bertz CT molecular complexity index is 457. The zero-order valence-corrected chi connectivity index (χ0v) is 10.6. The fraction of sp³-hybridized carbons (Fsp3) is 0.500.